The first-order valence-electron chi connectivity index (χ1n) is 8.67. The smallest absolute Gasteiger partial charge is 0.257 e. The predicted octanol–water partition coefficient (Wildman–Crippen LogP) is 3.91. The molecular weight excluding hydrogens is 329 g/mol. The lowest BCUT2D eigenvalue weighted by molar-refractivity contribution is 0.0784. The molecule has 26 heavy (non-hydrogen) atoms. The minimum atomic E-state index is -0.279. The topological polar surface area (TPSA) is 38.1 Å². The van der Waals surface area contributed by atoms with E-state index >= 15 is 0 Å². The lowest BCUT2D eigenvalue weighted by Gasteiger charge is -2.17. The van der Waals surface area contributed by atoms with Crippen LogP contribution in [0.15, 0.2) is 60.8 Å². The lowest BCUT2D eigenvalue weighted by Crippen LogP contribution is -2.27. The van der Waals surface area contributed by atoms with Gasteiger partial charge < -0.3 is 4.90 Å². The van der Waals surface area contributed by atoms with Gasteiger partial charge in [-0.05, 0) is 29.7 Å². The molecule has 1 heterocycles. The minimum absolute atomic E-state index is 0.0783. The summed E-state index contributed by atoms with van der Waals surface area (Å²) in [6, 6.07) is 16.3. The number of hydrogen-bond donors (Lipinski definition) is 0. The Labute approximate surface area is 152 Å². The van der Waals surface area contributed by atoms with Gasteiger partial charge in [-0.1, -0.05) is 49.4 Å². The molecule has 0 unspecified atom stereocenters. The summed E-state index contributed by atoms with van der Waals surface area (Å²) < 4.78 is 14.9. The van der Waals surface area contributed by atoms with E-state index in [1.807, 2.05) is 41.9 Å². The number of aromatic nitrogens is 2. The molecule has 0 aliphatic carbocycles. The molecule has 0 N–H and O–H groups in total. The number of benzene rings is 2. The van der Waals surface area contributed by atoms with Crippen LogP contribution < -0.4 is 0 Å². The van der Waals surface area contributed by atoms with Crippen LogP contribution in [0.1, 0.15) is 34.1 Å². The fourth-order valence-corrected chi connectivity index (χ4v) is 3.00. The summed E-state index contributed by atoms with van der Waals surface area (Å²) in [6.45, 7) is 3.08. The molecule has 2 aromatic carbocycles. The van der Waals surface area contributed by atoms with Gasteiger partial charge in [0, 0.05) is 13.6 Å². The maximum Gasteiger partial charge on any atom is 0.257 e. The SMILES string of the molecule is CCc1c(C(=O)N(C)Cc2ccc(F)cc2)cnn1Cc1ccccc1. The van der Waals surface area contributed by atoms with Crippen LogP contribution in [0.25, 0.3) is 0 Å². The van der Waals surface area contributed by atoms with E-state index in [1.165, 1.54) is 12.1 Å². The Morgan fingerprint density at radius 3 is 2.42 bits per heavy atom. The zero-order valence-corrected chi connectivity index (χ0v) is 15.0. The van der Waals surface area contributed by atoms with Crippen LogP contribution >= 0.6 is 0 Å². The molecule has 0 radical (unpaired) electrons. The van der Waals surface area contributed by atoms with Crippen molar-refractivity contribution in [3.63, 3.8) is 0 Å². The molecule has 5 heteroatoms. The van der Waals surface area contributed by atoms with Crippen molar-refractivity contribution in [1.82, 2.24) is 14.7 Å². The van der Waals surface area contributed by atoms with Crippen molar-refractivity contribution in [1.29, 1.82) is 0 Å². The number of nitrogens with zero attached hydrogens (tertiary/aromatic N) is 3. The maximum atomic E-state index is 13.0. The highest BCUT2D eigenvalue weighted by Crippen LogP contribution is 2.16. The number of carbonyl (C=O) groups is 1. The average Bonchev–Trinajstić information content (AvgIpc) is 3.06. The Morgan fingerprint density at radius 1 is 1.08 bits per heavy atom. The summed E-state index contributed by atoms with van der Waals surface area (Å²) in [6.07, 6.45) is 2.36. The molecule has 0 spiro atoms. The molecule has 1 amide bonds. The Hall–Kier alpha value is -2.95. The van der Waals surface area contributed by atoms with Crippen LogP contribution in [0.4, 0.5) is 4.39 Å². The van der Waals surface area contributed by atoms with Gasteiger partial charge in [0.25, 0.3) is 5.91 Å². The van der Waals surface area contributed by atoms with E-state index in [-0.39, 0.29) is 11.7 Å². The molecule has 0 atom stereocenters. The number of carbonyl (C=O) groups excluding carboxylic acids is 1. The lowest BCUT2D eigenvalue weighted by atomic mass is 10.1. The molecular formula is C21H22FN3O. The van der Waals surface area contributed by atoms with Crippen molar-refractivity contribution in [2.75, 3.05) is 7.05 Å². The second-order valence-corrected chi connectivity index (χ2v) is 6.29. The fourth-order valence-electron chi connectivity index (χ4n) is 3.00. The van der Waals surface area contributed by atoms with Crippen molar-refractivity contribution in [3.05, 3.63) is 89.0 Å². The van der Waals surface area contributed by atoms with E-state index in [9.17, 15) is 9.18 Å². The highest BCUT2D eigenvalue weighted by atomic mass is 19.1. The van der Waals surface area contributed by atoms with Crippen LogP contribution in [0.5, 0.6) is 0 Å². The second-order valence-electron chi connectivity index (χ2n) is 6.29. The van der Waals surface area contributed by atoms with Crippen molar-refractivity contribution in [2.24, 2.45) is 0 Å². The van der Waals surface area contributed by atoms with E-state index in [0.717, 1.165) is 23.2 Å². The minimum Gasteiger partial charge on any atom is -0.337 e. The summed E-state index contributed by atoms with van der Waals surface area (Å²) in [5.74, 6) is -0.358. The third kappa shape index (κ3) is 3.99. The van der Waals surface area contributed by atoms with E-state index in [1.54, 1.807) is 30.3 Å². The van der Waals surface area contributed by atoms with Gasteiger partial charge in [0.15, 0.2) is 0 Å². The highest BCUT2D eigenvalue weighted by Gasteiger charge is 2.20. The zero-order chi connectivity index (χ0) is 18.5. The predicted molar refractivity (Wildman–Crippen MR) is 99.3 cm³/mol. The van der Waals surface area contributed by atoms with Crippen molar-refractivity contribution in [2.45, 2.75) is 26.4 Å². The molecule has 0 fully saturated rings. The van der Waals surface area contributed by atoms with Crippen molar-refractivity contribution in [3.8, 4) is 0 Å². The molecule has 3 rings (SSSR count). The summed E-state index contributed by atoms with van der Waals surface area (Å²) in [4.78, 5) is 14.5. The van der Waals surface area contributed by atoms with E-state index in [0.29, 0.717) is 18.7 Å². The average molecular weight is 351 g/mol. The quantitative estimate of drug-likeness (QED) is 0.675. The number of halogens is 1. The van der Waals surface area contributed by atoms with Crippen LogP contribution in [0.3, 0.4) is 0 Å². The molecule has 1 aromatic heterocycles. The van der Waals surface area contributed by atoms with Gasteiger partial charge in [-0.25, -0.2) is 4.39 Å². The zero-order valence-electron chi connectivity index (χ0n) is 15.0. The Balaban J connectivity index is 1.77. The molecule has 0 saturated heterocycles. The van der Waals surface area contributed by atoms with Gasteiger partial charge in [-0.15, -0.1) is 0 Å². The summed E-state index contributed by atoms with van der Waals surface area (Å²) in [5, 5.41) is 4.42. The number of amides is 1. The van der Waals surface area contributed by atoms with E-state index in [2.05, 4.69) is 5.10 Å². The molecule has 0 bridgehead atoms. The number of rotatable bonds is 6. The molecule has 4 nitrogen and oxygen atoms in total. The largest absolute Gasteiger partial charge is 0.337 e. The first kappa shape index (κ1) is 17.9. The molecule has 134 valence electrons. The van der Waals surface area contributed by atoms with Gasteiger partial charge in [-0.3, -0.25) is 9.48 Å². The molecule has 3 aromatic rings. The van der Waals surface area contributed by atoms with E-state index < -0.39 is 0 Å². The standard InChI is InChI=1S/C21H22FN3O/c1-3-20-19(13-23-25(20)15-16-7-5-4-6-8-16)21(26)24(2)14-17-9-11-18(22)12-10-17/h4-13H,3,14-15H2,1-2H3. The third-order valence-corrected chi connectivity index (χ3v) is 4.37. The van der Waals surface area contributed by atoms with Gasteiger partial charge in [0.1, 0.15) is 5.82 Å². The Morgan fingerprint density at radius 2 is 1.77 bits per heavy atom. The van der Waals surface area contributed by atoms with Crippen molar-refractivity contribution >= 4 is 5.91 Å². The van der Waals surface area contributed by atoms with Gasteiger partial charge >= 0.3 is 0 Å². The van der Waals surface area contributed by atoms with Crippen LogP contribution in [0, 0.1) is 5.82 Å². The third-order valence-electron chi connectivity index (χ3n) is 4.37. The summed E-state index contributed by atoms with van der Waals surface area (Å²) in [7, 11) is 1.75. The van der Waals surface area contributed by atoms with Crippen LogP contribution in [-0.2, 0) is 19.5 Å². The normalized spacial score (nSPS) is 10.7. The molecule has 0 aliphatic heterocycles. The van der Waals surface area contributed by atoms with E-state index in [4.69, 9.17) is 0 Å². The fraction of sp³-hybridized carbons (Fsp3) is 0.238. The molecule has 0 aliphatic rings. The Kier molecular flexibility index (Phi) is 5.46. The highest BCUT2D eigenvalue weighted by molar-refractivity contribution is 5.95. The number of hydrogen-bond acceptors (Lipinski definition) is 2. The first-order valence-corrected chi connectivity index (χ1v) is 8.67. The second kappa shape index (κ2) is 7.95. The first-order chi connectivity index (χ1) is 12.6. The monoisotopic (exact) mass is 351 g/mol. The van der Waals surface area contributed by atoms with Gasteiger partial charge in [0.2, 0.25) is 0 Å². The summed E-state index contributed by atoms with van der Waals surface area (Å²) >= 11 is 0. The Bertz CT molecular complexity index is 872. The van der Waals surface area contributed by atoms with Gasteiger partial charge in [-0.2, -0.15) is 5.10 Å². The van der Waals surface area contributed by atoms with Crippen LogP contribution in [-0.4, -0.2) is 27.6 Å². The van der Waals surface area contributed by atoms with Crippen molar-refractivity contribution < 1.29 is 9.18 Å². The maximum absolute atomic E-state index is 13.0. The molecule has 0 saturated carbocycles. The van der Waals surface area contributed by atoms with Crippen LogP contribution in [0.2, 0.25) is 0 Å². The van der Waals surface area contributed by atoms with Gasteiger partial charge in [0.05, 0.1) is 24.0 Å². The summed E-state index contributed by atoms with van der Waals surface area (Å²) in [5.41, 5.74) is 3.57.